The van der Waals surface area contributed by atoms with Crippen LogP contribution in [0.1, 0.15) is 12.8 Å². The number of hydrogen-bond acceptors (Lipinski definition) is 3. The lowest BCUT2D eigenvalue weighted by molar-refractivity contribution is -0.122. The summed E-state index contributed by atoms with van der Waals surface area (Å²) in [4.78, 5) is 35.2. The van der Waals surface area contributed by atoms with Crippen LogP contribution in [0, 0.1) is 0 Å². The SMILES string of the molecule is O=C1CN(C(=O)NC(=O)CCCl)CCCN1. The molecular weight excluding hydrogens is 234 g/mol. The molecule has 0 saturated carbocycles. The maximum absolute atomic E-state index is 11.6. The van der Waals surface area contributed by atoms with Gasteiger partial charge in [-0.2, -0.15) is 0 Å². The highest BCUT2D eigenvalue weighted by Crippen LogP contribution is 1.97. The Morgan fingerprint density at radius 3 is 2.94 bits per heavy atom. The van der Waals surface area contributed by atoms with Gasteiger partial charge in [0.05, 0.1) is 0 Å². The van der Waals surface area contributed by atoms with Crippen LogP contribution in [0.5, 0.6) is 0 Å². The summed E-state index contributed by atoms with van der Waals surface area (Å²) in [6.45, 7) is 0.997. The van der Waals surface area contributed by atoms with Gasteiger partial charge in [0, 0.05) is 25.4 Å². The standard InChI is InChI=1S/C9H14ClN3O3/c10-3-2-7(14)12-9(16)13-5-1-4-11-8(15)6-13/h1-6H2,(H,11,15)(H,12,14,16). The molecule has 0 atom stereocenters. The van der Waals surface area contributed by atoms with Crippen LogP contribution in [0.3, 0.4) is 0 Å². The minimum atomic E-state index is -0.535. The van der Waals surface area contributed by atoms with Crippen molar-refractivity contribution >= 4 is 29.4 Å². The Labute approximate surface area is 98.3 Å². The van der Waals surface area contributed by atoms with Crippen molar-refractivity contribution in [2.75, 3.05) is 25.5 Å². The van der Waals surface area contributed by atoms with Gasteiger partial charge in [-0.05, 0) is 6.42 Å². The molecule has 0 aliphatic carbocycles. The van der Waals surface area contributed by atoms with Crippen molar-refractivity contribution in [2.45, 2.75) is 12.8 Å². The van der Waals surface area contributed by atoms with E-state index >= 15 is 0 Å². The zero-order valence-electron chi connectivity index (χ0n) is 8.79. The molecule has 0 aromatic rings. The zero-order valence-corrected chi connectivity index (χ0v) is 9.55. The molecule has 0 unspecified atom stereocenters. The number of alkyl halides is 1. The van der Waals surface area contributed by atoms with Crippen LogP contribution in [0.15, 0.2) is 0 Å². The van der Waals surface area contributed by atoms with Gasteiger partial charge in [-0.3, -0.25) is 14.9 Å². The maximum Gasteiger partial charge on any atom is 0.324 e. The van der Waals surface area contributed by atoms with E-state index in [-0.39, 0.29) is 24.8 Å². The van der Waals surface area contributed by atoms with Crippen molar-refractivity contribution in [2.24, 2.45) is 0 Å². The third-order valence-corrected chi connectivity index (χ3v) is 2.31. The Bertz CT molecular complexity index is 296. The monoisotopic (exact) mass is 247 g/mol. The summed E-state index contributed by atoms with van der Waals surface area (Å²) in [6, 6.07) is -0.535. The lowest BCUT2D eigenvalue weighted by atomic mass is 10.4. The molecule has 1 saturated heterocycles. The normalized spacial score (nSPS) is 16.3. The molecule has 1 heterocycles. The minimum absolute atomic E-state index is 0.0139. The number of amides is 4. The third-order valence-electron chi connectivity index (χ3n) is 2.12. The average molecular weight is 248 g/mol. The van der Waals surface area contributed by atoms with E-state index in [1.54, 1.807) is 0 Å². The predicted molar refractivity (Wildman–Crippen MR) is 58.1 cm³/mol. The molecule has 0 aromatic carbocycles. The molecule has 90 valence electrons. The number of nitrogens with zero attached hydrogens (tertiary/aromatic N) is 1. The largest absolute Gasteiger partial charge is 0.354 e. The summed E-state index contributed by atoms with van der Waals surface area (Å²) >= 11 is 5.37. The Hall–Kier alpha value is -1.30. The third kappa shape index (κ3) is 4.06. The van der Waals surface area contributed by atoms with Crippen molar-refractivity contribution in [3.63, 3.8) is 0 Å². The number of urea groups is 1. The molecule has 4 amide bonds. The van der Waals surface area contributed by atoms with Gasteiger partial charge < -0.3 is 10.2 Å². The Kier molecular flexibility index (Phi) is 5.04. The number of carbonyl (C=O) groups is 3. The number of halogens is 1. The molecule has 0 aromatic heterocycles. The topological polar surface area (TPSA) is 78.5 Å². The van der Waals surface area contributed by atoms with Crippen LogP contribution in [-0.4, -0.2) is 48.3 Å². The predicted octanol–water partition coefficient (Wildman–Crippen LogP) is -0.327. The number of nitrogens with one attached hydrogen (secondary N) is 2. The van der Waals surface area contributed by atoms with Crippen LogP contribution in [0.25, 0.3) is 0 Å². The van der Waals surface area contributed by atoms with Gasteiger partial charge in [0.15, 0.2) is 0 Å². The number of carbonyl (C=O) groups excluding carboxylic acids is 3. The first kappa shape index (κ1) is 12.8. The van der Waals surface area contributed by atoms with Crippen molar-refractivity contribution in [1.29, 1.82) is 0 Å². The maximum atomic E-state index is 11.6. The number of rotatable bonds is 2. The Morgan fingerprint density at radius 2 is 2.25 bits per heavy atom. The molecule has 1 aliphatic heterocycles. The molecule has 0 bridgehead atoms. The highest BCUT2D eigenvalue weighted by molar-refractivity contribution is 6.19. The van der Waals surface area contributed by atoms with Crippen LogP contribution in [0.2, 0.25) is 0 Å². The lowest BCUT2D eigenvalue weighted by Crippen LogP contribution is -2.45. The molecule has 2 N–H and O–H groups in total. The van der Waals surface area contributed by atoms with E-state index in [9.17, 15) is 14.4 Å². The fraction of sp³-hybridized carbons (Fsp3) is 0.667. The summed E-state index contributed by atoms with van der Waals surface area (Å²) in [7, 11) is 0. The average Bonchev–Trinajstić information content (AvgIpc) is 2.43. The summed E-state index contributed by atoms with van der Waals surface area (Å²) in [5.74, 6) is -0.471. The first-order chi connectivity index (χ1) is 7.63. The first-order valence-electron chi connectivity index (χ1n) is 5.05. The van der Waals surface area contributed by atoms with Gasteiger partial charge in [0.25, 0.3) is 0 Å². The first-order valence-corrected chi connectivity index (χ1v) is 5.58. The molecule has 1 rings (SSSR count). The van der Waals surface area contributed by atoms with Crippen LogP contribution in [-0.2, 0) is 9.59 Å². The highest BCUT2D eigenvalue weighted by atomic mass is 35.5. The van der Waals surface area contributed by atoms with E-state index in [1.165, 1.54) is 4.90 Å². The molecule has 16 heavy (non-hydrogen) atoms. The smallest absolute Gasteiger partial charge is 0.324 e. The van der Waals surface area contributed by atoms with E-state index < -0.39 is 11.9 Å². The van der Waals surface area contributed by atoms with E-state index in [1.807, 2.05) is 0 Å². The van der Waals surface area contributed by atoms with Crippen LogP contribution >= 0.6 is 11.6 Å². The van der Waals surface area contributed by atoms with Gasteiger partial charge in [-0.1, -0.05) is 0 Å². The highest BCUT2D eigenvalue weighted by Gasteiger charge is 2.20. The van der Waals surface area contributed by atoms with Crippen molar-refractivity contribution in [3.05, 3.63) is 0 Å². The second kappa shape index (κ2) is 6.32. The quantitative estimate of drug-likeness (QED) is 0.656. The van der Waals surface area contributed by atoms with Gasteiger partial charge in [-0.15, -0.1) is 11.6 Å². The zero-order chi connectivity index (χ0) is 12.0. The molecule has 6 nitrogen and oxygen atoms in total. The summed E-state index contributed by atoms with van der Waals surface area (Å²) in [5, 5.41) is 4.82. The second-order valence-corrected chi connectivity index (χ2v) is 3.80. The Balaban J connectivity index is 2.45. The Morgan fingerprint density at radius 1 is 1.50 bits per heavy atom. The fourth-order valence-electron chi connectivity index (χ4n) is 1.33. The van der Waals surface area contributed by atoms with E-state index in [0.717, 1.165) is 0 Å². The van der Waals surface area contributed by atoms with Gasteiger partial charge in [0.2, 0.25) is 11.8 Å². The van der Waals surface area contributed by atoms with Crippen LogP contribution < -0.4 is 10.6 Å². The van der Waals surface area contributed by atoms with E-state index in [4.69, 9.17) is 11.6 Å². The molecule has 7 heteroatoms. The second-order valence-electron chi connectivity index (χ2n) is 3.42. The summed E-state index contributed by atoms with van der Waals surface area (Å²) in [5.41, 5.74) is 0. The lowest BCUT2D eigenvalue weighted by Gasteiger charge is -2.18. The molecule has 1 fully saturated rings. The van der Waals surface area contributed by atoms with Crippen molar-refractivity contribution in [1.82, 2.24) is 15.5 Å². The summed E-state index contributed by atoms with van der Waals surface area (Å²) in [6.07, 6.45) is 0.774. The van der Waals surface area contributed by atoms with Gasteiger partial charge in [0.1, 0.15) is 6.54 Å². The van der Waals surface area contributed by atoms with Crippen LogP contribution in [0.4, 0.5) is 4.79 Å². The molecular formula is C9H14ClN3O3. The molecule has 0 radical (unpaired) electrons. The van der Waals surface area contributed by atoms with E-state index in [0.29, 0.717) is 19.5 Å². The minimum Gasteiger partial charge on any atom is -0.354 e. The van der Waals surface area contributed by atoms with E-state index in [2.05, 4.69) is 10.6 Å². The number of hydrogen-bond donors (Lipinski definition) is 2. The van der Waals surface area contributed by atoms with Crippen molar-refractivity contribution in [3.8, 4) is 0 Å². The van der Waals surface area contributed by atoms with Gasteiger partial charge >= 0.3 is 6.03 Å². The molecule has 1 aliphatic rings. The van der Waals surface area contributed by atoms with Crippen molar-refractivity contribution < 1.29 is 14.4 Å². The molecule has 0 spiro atoms. The summed E-state index contributed by atoms with van der Waals surface area (Å²) < 4.78 is 0. The van der Waals surface area contributed by atoms with Gasteiger partial charge in [-0.25, -0.2) is 4.79 Å². The fourth-order valence-corrected chi connectivity index (χ4v) is 1.50. The number of imide groups is 1.